The van der Waals surface area contributed by atoms with Crippen LogP contribution in [-0.4, -0.2) is 13.2 Å². The highest BCUT2D eigenvalue weighted by atomic mass is 16.5. The summed E-state index contributed by atoms with van der Waals surface area (Å²) in [6.45, 7) is 3.71. The van der Waals surface area contributed by atoms with Crippen LogP contribution in [0.4, 0.5) is 0 Å². The summed E-state index contributed by atoms with van der Waals surface area (Å²) in [5.41, 5.74) is 7.96. The lowest BCUT2D eigenvalue weighted by molar-refractivity contribution is 0.279. The fourth-order valence-corrected chi connectivity index (χ4v) is 1.99. The molecule has 3 heteroatoms. The fourth-order valence-electron chi connectivity index (χ4n) is 1.99. The number of rotatable bonds is 7. The molecule has 3 nitrogen and oxygen atoms in total. The molecule has 2 aromatic carbocycles. The first-order valence-corrected chi connectivity index (χ1v) is 6.96. The van der Waals surface area contributed by atoms with Crippen molar-refractivity contribution in [1.29, 1.82) is 0 Å². The van der Waals surface area contributed by atoms with Crippen molar-refractivity contribution in [2.24, 2.45) is 5.73 Å². The summed E-state index contributed by atoms with van der Waals surface area (Å²) in [7, 11) is 0. The Labute approximate surface area is 120 Å². The Morgan fingerprint density at radius 3 is 2.40 bits per heavy atom. The van der Waals surface area contributed by atoms with Crippen molar-refractivity contribution in [2.45, 2.75) is 19.9 Å². The highest BCUT2D eigenvalue weighted by Gasteiger charge is 2.06. The lowest BCUT2D eigenvalue weighted by atomic mass is 10.2. The second-order valence-electron chi connectivity index (χ2n) is 4.50. The summed E-state index contributed by atoms with van der Waals surface area (Å²) in [5, 5.41) is 0. The van der Waals surface area contributed by atoms with Gasteiger partial charge in [-0.25, -0.2) is 0 Å². The molecule has 0 radical (unpaired) electrons. The first-order valence-electron chi connectivity index (χ1n) is 6.96. The molecule has 106 valence electrons. The molecule has 0 aromatic heterocycles. The Morgan fingerprint density at radius 1 is 0.900 bits per heavy atom. The van der Waals surface area contributed by atoms with Crippen molar-refractivity contribution >= 4 is 0 Å². The summed E-state index contributed by atoms with van der Waals surface area (Å²) >= 11 is 0. The van der Waals surface area contributed by atoms with E-state index in [0.29, 0.717) is 19.8 Å². The lowest BCUT2D eigenvalue weighted by Crippen LogP contribution is -2.05. The summed E-state index contributed by atoms with van der Waals surface area (Å²) in [6.07, 6.45) is 0.880. The Morgan fingerprint density at radius 2 is 1.70 bits per heavy atom. The molecule has 0 aliphatic carbocycles. The maximum absolute atomic E-state index is 5.83. The molecule has 2 N–H and O–H groups in total. The average Bonchev–Trinajstić information content (AvgIpc) is 2.50. The molecule has 2 rings (SSSR count). The summed E-state index contributed by atoms with van der Waals surface area (Å²) < 4.78 is 11.4. The van der Waals surface area contributed by atoms with Crippen LogP contribution in [0.1, 0.15) is 18.1 Å². The van der Waals surface area contributed by atoms with Crippen molar-refractivity contribution in [3.05, 3.63) is 59.7 Å². The number of hydrogen-bond acceptors (Lipinski definition) is 3. The third-order valence-corrected chi connectivity index (χ3v) is 3.03. The molecule has 0 bridgehead atoms. The zero-order chi connectivity index (χ0) is 14.2. The Bertz CT molecular complexity index is 526. The minimum Gasteiger partial charge on any atom is -0.490 e. The SMILES string of the molecule is CCOc1cc(CN)ccc1OCCc1ccccc1. The van der Waals surface area contributed by atoms with Crippen LogP contribution in [0.3, 0.4) is 0 Å². The van der Waals surface area contributed by atoms with Crippen LogP contribution in [0.25, 0.3) is 0 Å². The van der Waals surface area contributed by atoms with Crippen molar-refractivity contribution < 1.29 is 9.47 Å². The van der Waals surface area contributed by atoms with E-state index in [1.54, 1.807) is 0 Å². The fraction of sp³-hybridized carbons (Fsp3) is 0.294. The van der Waals surface area contributed by atoms with Gasteiger partial charge in [0.15, 0.2) is 11.5 Å². The number of benzene rings is 2. The first-order chi connectivity index (χ1) is 9.83. The summed E-state index contributed by atoms with van der Waals surface area (Å²) in [4.78, 5) is 0. The van der Waals surface area contributed by atoms with Gasteiger partial charge in [0, 0.05) is 13.0 Å². The average molecular weight is 271 g/mol. The van der Waals surface area contributed by atoms with Gasteiger partial charge in [0.25, 0.3) is 0 Å². The maximum atomic E-state index is 5.83. The zero-order valence-electron chi connectivity index (χ0n) is 11.8. The van der Waals surface area contributed by atoms with Crippen LogP contribution in [0.15, 0.2) is 48.5 Å². The van der Waals surface area contributed by atoms with Crippen LogP contribution in [0.5, 0.6) is 11.5 Å². The molecule has 0 atom stereocenters. The minimum atomic E-state index is 0.504. The van der Waals surface area contributed by atoms with Gasteiger partial charge in [-0.05, 0) is 30.2 Å². The van der Waals surface area contributed by atoms with Crippen LogP contribution in [0.2, 0.25) is 0 Å². The lowest BCUT2D eigenvalue weighted by Gasteiger charge is -2.13. The van der Waals surface area contributed by atoms with Crippen LogP contribution >= 0.6 is 0 Å². The van der Waals surface area contributed by atoms with Gasteiger partial charge in [0.05, 0.1) is 13.2 Å². The summed E-state index contributed by atoms with van der Waals surface area (Å²) in [5.74, 6) is 1.54. The molecule has 0 fully saturated rings. The largest absolute Gasteiger partial charge is 0.490 e. The second kappa shape index (κ2) is 7.56. The quantitative estimate of drug-likeness (QED) is 0.841. The van der Waals surface area contributed by atoms with Crippen molar-refractivity contribution in [2.75, 3.05) is 13.2 Å². The predicted octanol–water partition coefficient (Wildman–Crippen LogP) is 3.17. The van der Waals surface area contributed by atoms with E-state index >= 15 is 0 Å². The molecular formula is C17H21NO2. The highest BCUT2D eigenvalue weighted by Crippen LogP contribution is 2.28. The molecule has 0 aliphatic rings. The molecule has 20 heavy (non-hydrogen) atoms. The number of hydrogen-bond donors (Lipinski definition) is 1. The Hall–Kier alpha value is -2.00. The monoisotopic (exact) mass is 271 g/mol. The van der Waals surface area contributed by atoms with Gasteiger partial charge in [-0.1, -0.05) is 36.4 Å². The molecule has 0 saturated heterocycles. The molecule has 2 aromatic rings. The Balaban J connectivity index is 1.98. The Kier molecular flexibility index (Phi) is 5.44. The third kappa shape index (κ3) is 4.00. The van der Waals surface area contributed by atoms with Gasteiger partial charge in [-0.3, -0.25) is 0 Å². The van der Waals surface area contributed by atoms with Crippen molar-refractivity contribution in [3.8, 4) is 11.5 Å². The van der Waals surface area contributed by atoms with Gasteiger partial charge in [0.1, 0.15) is 0 Å². The molecule has 0 unspecified atom stereocenters. The normalized spacial score (nSPS) is 10.3. The number of ether oxygens (including phenoxy) is 2. The van der Waals surface area contributed by atoms with Crippen molar-refractivity contribution in [3.63, 3.8) is 0 Å². The molecule has 0 spiro atoms. The van der Waals surface area contributed by atoms with E-state index in [4.69, 9.17) is 15.2 Å². The van der Waals surface area contributed by atoms with Gasteiger partial charge < -0.3 is 15.2 Å². The van der Waals surface area contributed by atoms with Crippen LogP contribution in [0, 0.1) is 0 Å². The topological polar surface area (TPSA) is 44.5 Å². The third-order valence-electron chi connectivity index (χ3n) is 3.03. The van der Waals surface area contributed by atoms with Gasteiger partial charge in [-0.2, -0.15) is 0 Å². The zero-order valence-corrected chi connectivity index (χ0v) is 11.8. The van der Waals surface area contributed by atoms with E-state index in [1.165, 1.54) is 5.56 Å². The molecule has 0 aliphatic heterocycles. The standard InChI is InChI=1S/C17H21NO2/c1-2-19-17-12-15(13-18)8-9-16(17)20-11-10-14-6-4-3-5-7-14/h3-9,12H,2,10-11,13,18H2,1H3. The van der Waals surface area contributed by atoms with Gasteiger partial charge in [-0.15, -0.1) is 0 Å². The van der Waals surface area contributed by atoms with Crippen LogP contribution in [-0.2, 0) is 13.0 Å². The highest BCUT2D eigenvalue weighted by molar-refractivity contribution is 5.43. The smallest absolute Gasteiger partial charge is 0.161 e. The van der Waals surface area contributed by atoms with Crippen molar-refractivity contribution in [1.82, 2.24) is 0 Å². The molecular weight excluding hydrogens is 250 g/mol. The van der Waals surface area contributed by atoms with Gasteiger partial charge in [0.2, 0.25) is 0 Å². The molecule has 0 amide bonds. The van der Waals surface area contributed by atoms with E-state index in [1.807, 2.05) is 43.3 Å². The van der Waals surface area contributed by atoms with Crippen LogP contribution < -0.4 is 15.2 Å². The molecule has 0 heterocycles. The minimum absolute atomic E-state index is 0.504. The van der Waals surface area contributed by atoms with Gasteiger partial charge >= 0.3 is 0 Å². The first kappa shape index (κ1) is 14.4. The van der Waals surface area contributed by atoms with E-state index in [2.05, 4.69) is 12.1 Å². The van der Waals surface area contributed by atoms with E-state index in [9.17, 15) is 0 Å². The number of nitrogens with two attached hydrogens (primary N) is 1. The molecule has 0 saturated carbocycles. The maximum Gasteiger partial charge on any atom is 0.161 e. The predicted molar refractivity (Wildman–Crippen MR) is 81.1 cm³/mol. The van der Waals surface area contributed by atoms with E-state index < -0.39 is 0 Å². The second-order valence-corrected chi connectivity index (χ2v) is 4.50. The van der Waals surface area contributed by atoms with E-state index in [0.717, 1.165) is 23.5 Å². The van der Waals surface area contributed by atoms with E-state index in [-0.39, 0.29) is 0 Å². The summed E-state index contributed by atoms with van der Waals surface area (Å²) in [6, 6.07) is 16.1.